The van der Waals surface area contributed by atoms with E-state index >= 15 is 0 Å². The molecule has 3 rings (SSSR count). The van der Waals surface area contributed by atoms with Gasteiger partial charge in [0.1, 0.15) is 12.4 Å². The molecule has 0 bridgehead atoms. The molecule has 1 amide bonds. The molecule has 1 N–H and O–H groups in total. The van der Waals surface area contributed by atoms with Crippen molar-refractivity contribution >= 4 is 18.3 Å². The number of carbonyl (C=O) groups is 1. The fourth-order valence-electron chi connectivity index (χ4n) is 3.52. The SMILES string of the molecule is CN(C(=O)c1ccc(COc2ccc(C(C)(C)C)cc2)cc1)C1CCNCC1.Cl. The van der Waals surface area contributed by atoms with E-state index in [0.29, 0.717) is 12.6 Å². The zero-order valence-corrected chi connectivity index (χ0v) is 18.7. The molecule has 0 radical (unpaired) electrons. The predicted molar refractivity (Wildman–Crippen MR) is 121 cm³/mol. The van der Waals surface area contributed by atoms with Gasteiger partial charge in [0.05, 0.1) is 0 Å². The molecular formula is C24H33ClN2O2. The molecule has 1 aliphatic rings. The van der Waals surface area contributed by atoms with Gasteiger partial charge in [-0.2, -0.15) is 0 Å². The number of rotatable bonds is 5. The number of benzene rings is 2. The zero-order valence-electron chi connectivity index (χ0n) is 17.9. The van der Waals surface area contributed by atoms with Gasteiger partial charge in [0.15, 0.2) is 0 Å². The molecule has 158 valence electrons. The fraction of sp³-hybridized carbons (Fsp3) is 0.458. The van der Waals surface area contributed by atoms with Gasteiger partial charge in [-0.1, -0.05) is 45.0 Å². The smallest absolute Gasteiger partial charge is 0.253 e. The molecule has 0 unspecified atom stereocenters. The van der Waals surface area contributed by atoms with Crippen LogP contribution < -0.4 is 10.1 Å². The highest BCUT2D eigenvalue weighted by Crippen LogP contribution is 2.24. The number of carbonyl (C=O) groups excluding carboxylic acids is 1. The number of halogens is 1. The van der Waals surface area contributed by atoms with Crippen LogP contribution in [0.15, 0.2) is 48.5 Å². The van der Waals surface area contributed by atoms with Crippen LogP contribution in [-0.4, -0.2) is 37.0 Å². The second kappa shape index (κ2) is 10.1. The fourth-order valence-corrected chi connectivity index (χ4v) is 3.52. The first kappa shape index (κ1) is 23.2. The highest BCUT2D eigenvalue weighted by Gasteiger charge is 2.22. The number of hydrogen-bond donors (Lipinski definition) is 1. The number of hydrogen-bond acceptors (Lipinski definition) is 3. The number of amides is 1. The summed E-state index contributed by atoms with van der Waals surface area (Å²) >= 11 is 0. The van der Waals surface area contributed by atoms with Crippen molar-refractivity contribution in [2.45, 2.75) is 51.7 Å². The summed E-state index contributed by atoms with van der Waals surface area (Å²) in [5.74, 6) is 0.955. The molecule has 1 aliphatic heterocycles. The van der Waals surface area contributed by atoms with Crippen molar-refractivity contribution < 1.29 is 9.53 Å². The Bertz CT molecular complexity index is 776. The summed E-state index contributed by atoms with van der Waals surface area (Å²) in [7, 11) is 1.91. The normalized spacial score (nSPS) is 14.8. The van der Waals surface area contributed by atoms with Crippen LogP contribution in [0.4, 0.5) is 0 Å². The molecule has 2 aromatic carbocycles. The molecule has 4 nitrogen and oxygen atoms in total. The molecule has 2 aromatic rings. The second-order valence-corrected chi connectivity index (χ2v) is 8.66. The molecule has 0 atom stereocenters. The van der Waals surface area contributed by atoms with Gasteiger partial charge in [-0.05, 0) is 66.7 Å². The maximum absolute atomic E-state index is 12.7. The minimum absolute atomic E-state index is 0. The molecule has 1 saturated heterocycles. The first-order valence-electron chi connectivity index (χ1n) is 10.1. The summed E-state index contributed by atoms with van der Waals surface area (Å²) in [6.45, 7) is 9.06. The zero-order chi connectivity index (χ0) is 20.1. The van der Waals surface area contributed by atoms with Crippen molar-refractivity contribution in [3.63, 3.8) is 0 Å². The molecule has 0 aromatic heterocycles. The van der Waals surface area contributed by atoms with Crippen molar-refractivity contribution in [3.05, 3.63) is 65.2 Å². The molecule has 5 heteroatoms. The van der Waals surface area contributed by atoms with E-state index in [1.165, 1.54) is 5.56 Å². The Hall–Kier alpha value is -2.04. The van der Waals surface area contributed by atoms with Gasteiger partial charge in [-0.25, -0.2) is 0 Å². The highest BCUT2D eigenvalue weighted by atomic mass is 35.5. The Morgan fingerprint density at radius 2 is 1.62 bits per heavy atom. The van der Waals surface area contributed by atoms with E-state index in [9.17, 15) is 4.79 Å². The Labute approximate surface area is 181 Å². The van der Waals surface area contributed by atoms with Gasteiger partial charge in [-0.15, -0.1) is 12.4 Å². The standard InChI is InChI=1S/C24H32N2O2.ClH/c1-24(2,3)20-9-11-22(12-10-20)28-17-18-5-7-19(8-6-18)23(27)26(4)21-13-15-25-16-14-21;/h5-12,21,25H,13-17H2,1-4H3;1H. The van der Waals surface area contributed by atoms with Crippen molar-refractivity contribution in [1.29, 1.82) is 0 Å². The number of nitrogens with zero attached hydrogens (tertiary/aromatic N) is 1. The molecule has 0 saturated carbocycles. The number of ether oxygens (including phenoxy) is 1. The molecule has 0 spiro atoms. The highest BCUT2D eigenvalue weighted by molar-refractivity contribution is 5.94. The first-order valence-corrected chi connectivity index (χ1v) is 10.1. The van der Waals surface area contributed by atoms with E-state index in [0.717, 1.165) is 42.8 Å². The Kier molecular flexibility index (Phi) is 8.12. The van der Waals surface area contributed by atoms with Crippen LogP contribution in [0.25, 0.3) is 0 Å². The lowest BCUT2D eigenvalue weighted by molar-refractivity contribution is 0.0703. The summed E-state index contributed by atoms with van der Waals surface area (Å²) in [4.78, 5) is 14.6. The first-order chi connectivity index (χ1) is 13.3. The third-order valence-electron chi connectivity index (χ3n) is 5.50. The average Bonchev–Trinajstić information content (AvgIpc) is 2.72. The van der Waals surface area contributed by atoms with Gasteiger partial charge in [0.25, 0.3) is 5.91 Å². The summed E-state index contributed by atoms with van der Waals surface area (Å²) in [6.07, 6.45) is 2.03. The molecule has 1 fully saturated rings. The monoisotopic (exact) mass is 416 g/mol. The average molecular weight is 417 g/mol. The Morgan fingerprint density at radius 1 is 1.03 bits per heavy atom. The summed E-state index contributed by atoms with van der Waals surface area (Å²) in [5.41, 5.74) is 3.23. The molecule has 1 heterocycles. The lowest BCUT2D eigenvalue weighted by atomic mass is 9.87. The maximum Gasteiger partial charge on any atom is 0.253 e. The van der Waals surface area contributed by atoms with E-state index in [2.05, 4.69) is 38.2 Å². The Morgan fingerprint density at radius 3 is 2.17 bits per heavy atom. The van der Waals surface area contributed by atoms with E-state index in [1.807, 2.05) is 48.3 Å². The summed E-state index contributed by atoms with van der Waals surface area (Å²) < 4.78 is 5.90. The van der Waals surface area contributed by atoms with Crippen LogP contribution in [0.1, 0.15) is 55.1 Å². The third kappa shape index (κ3) is 6.22. The number of nitrogens with one attached hydrogen (secondary N) is 1. The van der Waals surface area contributed by atoms with Gasteiger partial charge in [0.2, 0.25) is 0 Å². The van der Waals surface area contributed by atoms with Gasteiger partial charge in [-0.3, -0.25) is 4.79 Å². The van der Waals surface area contributed by atoms with Gasteiger partial charge in [0, 0.05) is 18.7 Å². The summed E-state index contributed by atoms with van der Waals surface area (Å²) in [5, 5.41) is 3.34. The van der Waals surface area contributed by atoms with Gasteiger partial charge >= 0.3 is 0 Å². The van der Waals surface area contributed by atoms with Crippen molar-refractivity contribution in [3.8, 4) is 5.75 Å². The minimum atomic E-state index is 0. The molecule has 29 heavy (non-hydrogen) atoms. The largest absolute Gasteiger partial charge is 0.489 e. The topological polar surface area (TPSA) is 41.6 Å². The van der Waals surface area contributed by atoms with Crippen LogP contribution in [0.5, 0.6) is 5.75 Å². The van der Waals surface area contributed by atoms with Crippen LogP contribution in [0, 0.1) is 0 Å². The van der Waals surface area contributed by atoms with Crippen molar-refractivity contribution in [2.75, 3.05) is 20.1 Å². The van der Waals surface area contributed by atoms with Crippen LogP contribution in [-0.2, 0) is 12.0 Å². The van der Waals surface area contributed by atoms with Gasteiger partial charge < -0.3 is 15.0 Å². The van der Waals surface area contributed by atoms with Crippen LogP contribution >= 0.6 is 12.4 Å². The Balaban J connectivity index is 0.00000300. The molecule has 0 aliphatic carbocycles. The minimum Gasteiger partial charge on any atom is -0.489 e. The quantitative estimate of drug-likeness (QED) is 0.760. The van der Waals surface area contributed by atoms with Crippen molar-refractivity contribution in [2.24, 2.45) is 0 Å². The lowest BCUT2D eigenvalue weighted by Crippen LogP contribution is -2.43. The lowest BCUT2D eigenvalue weighted by Gasteiger charge is -2.31. The van der Waals surface area contributed by atoms with E-state index in [4.69, 9.17) is 4.74 Å². The van der Waals surface area contributed by atoms with Crippen LogP contribution in [0.3, 0.4) is 0 Å². The van der Waals surface area contributed by atoms with Crippen molar-refractivity contribution in [1.82, 2.24) is 10.2 Å². The molecular weight excluding hydrogens is 384 g/mol. The third-order valence-corrected chi connectivity index (χ3v) is 5.50. The van der Waals surface area contributed by atoms with E-state index < -0.39 is 0 Å². The second-order valence-electron chi connectivity index (χ2n) is 8.66. The maximum atomic E-state index is 12.7. The van der Waals surface area contributed by atoms with Crippen LogP contribution in [0.2, 0.25) is 0 Å². The number of piperidine rings is 1. The van der Waals surface area contributed by atoms with E-state index in [-0.39, 0.29) is 23.7 Å². The predicted octanol–water partition coefficient (Wildman–Crippen LogP) is 4.81. The summed E-state index contributed by atoms with van der Waals surface area (Å²) in [6, 6.07) is 16.4. The van der Waals surface area contributed by atoms with E-state index in [1.54, 1.807) is 0 Å².